The van der Waals surface area contributed by atoms with Crippen molar-refractivity contribution >= 4 is 11.6 Å². The number of pyridine rings is 1. The van der Waals surface area contributed by atoms with Crippen LogP contribution in [0.15, 0.2) is 66.9 Å². The summed E-state index contributed by atoms with van der Waals surface area (Å²) in [5.41, 5.74) is 4.39. The zero-order chi connectivity index (χ0) is 24.2. The first kappa shape index (κ1) is 23.3. The number of aromatic nitrogens is 1. The topological polar surface area (TPSA) is 57.7 Å². The molecule has 2 aliphatic rings. The first-order chi connectivity index (χ1) is 17.1. The zero-order valence-electron chi connectivity index (χ0n) is 20.0. The minimum absolute atomic E-state index is 0.0543. The average molecular weight is 475 g/mol. The zero-order valence-corrected chi connectivity index (χ0v) is 20.0. The number of halogens is 1. The van der Waals surface area contributed by atoms with E-state index in [9.17, 15) is 9.18 Å². The molecule has 2 aliphatic heterocycles. The highest BCUT2D eigenvalue weighted by molar-refractivity contribution is 5.82. The SMILES string of the molecule is COc1ccc2c(c1)N1CCN(Cc3ccc(F)cc3)C[C@@H]1[C@H](C(=O)NCCc1ccccn1)C2. The second kappa shape index (κ2) is 10.4. The van der Waals surface area contributed by atoms with E-state index in [4.69, 9.17) is 4.74 Å². The second-order valence-corrected chi connectivity index (χ2v) is 9.29. The number of hydrogen-bond acceptors (Lipinski definition) is 5. The van der Waals surface area contributed by atoms with Gasteiger partial charge in [-0.1, -0.05) is 24.3 Å². The van der Waals surface area contributed by atoms with E-state index in [1.54, 1.807) is 13.3 Å². The molecule has 0 aliphatic carbocycles. The van der Waals surface area contributed by atoms with Crippen molar-refractivity contribution in [3.8, 4) is 5.75 Å². The second-order valence-electron chi connectivity index (χ2n) is 9.29. The first-order valence-electron chi connectivity index (χ1n) is 12.2. The van der Waals surface area contributed by atoms with Crippen LogP contribution in [0.4, 0.5) is 10.1 Å². The molecule has 0 bridgehead atoms. The number of ether oxygens (including phenoxy) is 1. The normalized spacial score (nSPS) is 19.5. The maximum atomic E-state index is 13.4. The van der Waals surface area contributed by atoms with Gasteiger partial charge in [0.05, 0.1) is 19.1 Å². The van der Waals surface area contributed by atoms with E-state index in [1.165, 1.54) is 17.7 Å². The van der Waals surface area contributed by atoms with Gasteiger partial charge in [0, 0.05) is 62.8 Å². The minimum atomic E-state index is -0.223. The summed E-state index contributed by atoms with van der Waals surface area (Å²) >= 11 is 0. The van der Waals surface area contributed by atoms with Crippen LogP contribution < -0.4 is 15.0 Å². The quantitative estimate of drug-likeness (QED) is 0.569. The van der Waals surface area contributed by atoms with Crippen molar-refractivity contribution in [2.24, 2.45) is 5.92 Å². The van der Waals surface area contributed by atoms with E-state index in [2.05, 4.69) is 32.2 Å². The number of hydrogen-bond donors (Lipinski definition) is 1. The van der Waals surface area contributed by atoms with Crippen LogP contribution in [0.25, 0.3) is 0 Å². The summed E-state index contributed by atoms with van der Waals surface area (Å²) in [6.45, 7) is 3.77. The highest BCUT2D eigenvalue weighted by Crippen LogP contribution is 2.38. The molecular formula is C28H31FN4O2. The Bertz CT molecular complexity index is 1160. The lowest BCUT2D eigenvalue weighted by Crippen LogP contribution is -2.61. The van der Waals surface area contributed by atoms with Crippen LogP contribution in [0.1, 0.15) is 16.8 Å². The molecule has 3 aromatic rings. The molecular weight excluding hydrogens is 443 g/mol. The van der Waals surface area contributed by atoms with Crippen molar-refractivity contribution in [3.63, 3.8) is 0 Å². The Morgan fingerprint density at radius 1 is 1.14 bits per heavy atom. The number of carbonyl (C=O) groups is 1. The third-order valence-corrected chi connectivity index (χ3v) is 7.07. The largest absolute Gasteiger partial charge is 0.497 e. The van der Waals surface area contributed by atoms with Crippen LogP contribution >= 0.6 is 0 Å². The fourth-order valence-electron chi connectivity index (χ4n) is 5.25. The van der Waals surface area contributed by atoms with Crippen LogP contribution in [0.5, 0.6) is 5.75 Å². The van der Waals surface area contributed by atoms with Crippen LogP contribution in [0.2, 0.25) is 0 Å². The summed E-state index contributed by atoms with van der Waals surface area (Å²) in [6, 6.07) is 18.7. The predicted octanol–water partition coefficient (Wildman–Crippen LogP) is 3.45. The van der Waals surface area contributed by atoms with Gasteiger partial charge < -0.3 is 15.0 Å². The number of nitrogens with one attached hydrogen (secondary N) is 1. The summed E-state index contributed by atoms with van der Waals surface area (Å²) in [4.78, 5) is 22.5. The van der Waals surface area contributed by atoms with Crippen LogP contribution in [0, 0.1) is 11.7 Å². The van der Waals surface area contributed by atoms with Gasteiger partial charge in [0.25, 0.3) is 0 Å². The van der Waals surface area contributed by atoms with E-state index in [1.807, 2.05) is 36.4 Å². The van der Waals surface area contributed by atoms with Gasteiger partial charge in [0.1, 0.15) is 11.6 Å². The van der Waals surface area contributed by atoms with Crippen LogP contribution in [-0.4, -0.2) is 55.1 Å². The van der Waals surface area contributed by atoms with Crippen molar-refractivity contribution in [2.45, 2.75) is 25.4 Å². The molecule has 1 amide bonds. The third kappa shape index (κ3) is 5.30. The lowest BCUT2D eigenvalue weighted by atomic mass is 9.83. The molecule has 182 valence electrons. The van der Waals surface area contributed by atoms with E-state index in [0.29, 0.717) is 19.4 Å². The predicted molar refractivity (Wildman–Crippen MR) is 134 cm³/mol. The molecule has 1 fully saturated rings. The lowest BCUT2D eigenvalue weighted by Gasteiger charge is -2.49. The highest BCUT2D eigenvalue weighted by Gasteiger charge is 2.41. The number of amides is 1. The van der Waals surface area contributed by atoms with Crippen molar-refractivity contribution in [1.82, 2.24) is 15.2 Å². The fourth-order valence-corrected chi connectivity index (χ4v) is 5.25. The van der Waals surface area contributed by atoms with Gasteiger partial charge in [-0.3, -0.25) is 14.7 Å². The molecule has 2 atom stereocenters. The van der Waals surface area contributed by atoms with Crippen molar-refractivity contribution < 1.29 is 13.9 Å². The number of anilines is 1. The minimum Gasteiger partial charge on any atom is -0.497 e. The highest BCUT2D eigenvalue weighted by atomic mass is 19.1. The molecule has 35 heavy (non-hydrogen) atoms. The van der Waals surface area contributed by atoms with E-state index in [0.717, 1.165) is 48.9 Å². The molecule has 3 heterocycles. The first-order valence-corrected chi connectivity index (χ1v) is 12.2. The van der Waals surface area contributed by atoms with Gasteiger partial charge >= 0.3 is 0 Å². The van der Waals surface area contributed by atoms with Gasteiger partial charge in [0.2, 0.25) is 5.91 Å². The maximum absolute atomic E-state index is 13.4. The number of benzene rings is 2. The molecule has 1 aromatic heterocycles. The molecule has 0 spiro atoms. The molecule has 0 radical (unpaired) electrons. The Balaban J connectivity index is 1.33. The molecule has 6 nitrogen and oxygen atoms in total. The van der Waals surface area contributed by atoms with Gasteiger partial charge in [-0.05, 0) is 47.9 Å². The van der Waals surface area contributed by atoms with E-state index in [-0.39, 0.29) is 23.7 Å². The number of rotatable bonds is 7. The Labute approximate surface area is 205 Å². The number of methoxy groups -OCH3 is 1. The van der Waals surface area contributed by atoms with Gasteiger partial charge in [-0.25, -0.2) is 4.39 Å². The van der Waals surface area contributed by atoms with Gasteiger partial charge in [0.15, 0.2) is 0 Å². The third-order valence-electron chi connectivity index (χ3n) is 7.07. The van der Waals surface area contributed by atoms with Crippen molar-refractivity contribution in [1.29, 1.82) is 0 Å². The number of piperazine rings is 1. The Morgan fingerprint density at radius 3 is 2.77 bits per heavy atom. The summed E-state index contributed by atoms with van der Waals surface area (Å²) in [5.74, 6) is 0.532. The van der Waals surface area contributed by atoms with Crippen LogP contribution in [-0.2, 0) is 24.2 Å². The average Bonchev–Trinajstić information content (AvgIpc) is 2.89. The Hall–Kier alpha value is -3.45. The van der Waals surface area contributed by atoms with Crippen LogP contribution in [0.3, 0.4) is 0 Å². The fraction of sp³-hybridized carbons (Fsp3) is 0.357. The van der Waals surface area contributed by atoms with E-state index < -0.39 is 0 Å². The standard InChI is InChI=1S/C28H31FN4O2/c1-35-24-10-7-21-16-25(28(34)31-13-11-23-4-2-3-12-30-23)27-19-32(14-15-33(27)26(21)17-24)18-20-5-8-22(29)9-6-20/h2-10,12,17,25,27H,11,13-16,18-19H2,1H3,(H,31,34)/t25-,27-/m1/s1. The van der Waals surface area contributed by atoms with E-state index >= 15 is 0 Å². The van der Waals surface area contributed by atoms with Gasteiger partial charge in [-0.2, -0.15) is 0 Å². The molecule has 5 rings (SSSR count). The molecule has 2 aromatic carbocycles. The lowest BCUT2D eigenvalue weighted by molar-refractivity contribution is -0.126. The smallest absolute Gasteiger partial charge is 0.225 e. The number of nitrogens with zero attached hydrogens (tertiary/aromatic N) is 3. The maximum Gasteiger partial charge on any atom is 0.225 e. The molecule has 1 N–H and O–H groups in total. The summed E-state index contributed by atoms with van der Waals surface area (Å²) < 4.78 is 18.8. The van der Waals surface area contributed by atoms with Crippen molar-refractivity contribution in [3.05, 3.63) is 89.5 Å². The summed E-state index contributed by atoms with van der Waals surface area (Å²) in [5, 5.41) is 3.17. The molecule has 7 heteroatoms. The van der Waals surface area contributed by atoms with Gasteiger partial charge in [-0.15, -0.1) is 0 Å². The number of fused-ring (bicyclic) bond motifs is 3. The monoisotopic (exact) mass is 474 g/mol. The Kier molecular flexibility index (Phi) is 6.95. The molecule has 1 saturated heterocycles. The number of carbonyl (C=O) groups excluding carboxylic acids is 1. The Morgan fingerprint density at radius 2 is 2.00 bits per heavy atom. The molecule has 0 unspecified atom stereocenters. The molecule has 0 saturated carbocycles. The van der Waals surface area contributed by atoms with Crippen molar-refractivity contribution in [2.75, 3.05) is 38.2 Å². The summed E-state index contributed by atoms with van der Waals surface area (Å²) in [7, 11) is 1.68. The summed E-state index contributed by atoms with van der Waals surface area (Å²) in [6.07, 6.45) is 3.18.